The highest BCUT2D eigenvalue weighted by Crippen LogP contribution is 2.38. The lowest BCUT2D eigenvalue weighted by Crippen LogP contribution is -2.45. The molecule has 0 aromatic heterocycles. The van der Waals surface area contributed by atoms with Crippen molar-refractivity contribution in [3.63, 3.8) is 0 Å². The molecule has 16 nitrogen and oxygen atoms in total. The predicted molar refractivity (Wildman–Crippen MR) is 225 cm³/mol. The first-order chi connectivity index (χ1) is 28.6. The van der Waals surface area contributed by atoms with Gasteiger partial charge in [0.1, 0.15) is 13.2 Å². The number of nitrogens with zero attached hydrogens (tertiary/aromatic N) is 2. The zero-order valence-electron chi connectivity index (χ0n) is 35.7. The Morgan fingerprint density at radius 3 is 2.25 bits per heavy atom. The van der Waals surface area contributed by atoms with E-state index in [1.165, 1.54) is 4.90 Å². The molecule has 3 heterocycles. The first-order valence-electron chi connectivity index (χ1n) is 21.3. The number of thioether (sulfide) groups is 1. The normalized spacial score (nSPS) is 19.7. The van der Waals surface area contributed by atoms with Crippen molar-refractivity contribution in [1.82, 2.24) is 25.8 Å². The van der Waals surface area contributed by atoms with Gasteiger partial charge in [-0.1, -0.05) is 46.2 Å². The maximum atomic E-state index is 13.3. The molecule has 0 aliphatic carbocycles. The molecule has 3 aliphatic rings. The zero-order valence-corrected chi connectivity index (χ0v) is 36.5. The number of aliphatic carboxylic acids is 1. The summed E-state index contributed by atoms with van der Waals surface area (Å²) in [4.78, 5) is 88.6. The Hall–Kier alpha value is -4.22. The second-order valence-corrected chi connectivity index (χ2v) is 18.5. The van der Waals surface area contributed by atoms with Crippen LogP contribution in [0.25, 0.3) is 0 Å². The van der Waals surface area contributed by atoms with Crippen molar-refractivity contribution in [1.29, 1.82) is 0 Å². The molecule has 3 saturated heterocycles. The number of benzene rings is 1. The Labute approximate surface area is 357 Å². The Morgan fingerprint density at radius 2 is 1.55 bits per heavy atom. The molecular weight excluding hydrogens is 795 g/mol. The number of carbonyl (C=O) groups excluding carboxylic acids is 6. The number of urea groups is 1. The third-order valence-electron chi connectivity index (χ3n) is 11.2. The third-order valence-corrected chi connectivity index (χ3v) is 12.7. The van der Waals surface area contributed by atoms with Crippen LogP contribution in [0.1, 0.15) is 114 Å². The van der Waals surface area contributed by atoms with Crippen molar-refractivity contribution in [2.24, 2.45) is 5.41 Å². The van der Waals surface area contributed by atoms with Crippen LogP contribution in [0.4, 0.5) is 4.79 Å². The van der Waals surface area contributed by atoms with Crippen molar-refractivity contribution in [3.05, 3.63) is 35.4 Å². The van der Waals surface area contributed by atoms with Crippen molar-refractivity contribution >= 4 is 53.4 Å². The van der Waals surface area contributed by atoms with Crippen LogP contribution < -0.4 is 16.0 Å². The Kier molecular flexibility index (Phi) is 19.1. The van der Waals surface area contributed by atoms with Gasteiger partial charge < -0.3 is 40.2 Å². The summed E-state index contributed by atoms with van der Waals surface area (Å²) in [7, 11) is 0. The average Bonchev–Trinajstić information content (AvgIpc) is 3.75. The van der Waals surface area contributed by atoms with Gasteiger partial charge in [0.2, 0.25) is 17.7 Å². The van der Waals surface area contributed by atoms with Gasteiger partial charge in [-0.05, 0) is 68.1 Å². The topological polar surface area (TPSA) is 210 Å². The number of amides is 6. The zero-order chi connectivity index (χ0) is 43.7. The van der Waals surface area contributed by atoms with Crippen LogP contribution in [0.15, 0.2) is 24.3 Å². The largest absolute Gasteiger partial charge is 0.481 e. The molecule has 0 radical (unpaired) electrons. The van der Waals surface area contributed by atoms with Gasteiger partial charge in [-0.15, -0.1) is 0 Å². The molecule has 0 unspecified atom stereocenters. The summed E-state index contributed by atoms with van der Waals surface area (Å²) in [6.07, 6.45) is 5.93. The predicted octanol–water partition coefficient (Wildman–Crippen LogP) is 4.04. The number of esters is 1. The van der Waals surface area contributed by atoms with Crippen LogP contribution in [0.3, 0.4) is 0 Å². The average molecular weight is 860 g/mol. The molecule has 1 aromatic carbocycles. The van der Waals surface area contributed by atoms with Gasteiger partial charge in [0.25, 0.3) is 5.91 Å². The lowest BCUT2D eigenvalue weighted by Gasteiger charge is -2.38. The van der Waals surface area contributed by atoms with E-state index in [0.717, 1.165) is 37.7 Å². The minimum Gasteiger partial charge on any atom is -0.481 e. The first kappa shape index (κ1) is 48.4. The molecule has 60 heavy (non-hydrogen) atoms. The molecular formula is C43H65N5O11S. The monoisotopic (exact) mass is 859 g/mol. The van der Waals surface area contributed by atoms with Gasteiger partial charge in [0, 0.05) is 67.8 Å². The SMILES string of the molecule is CC1(COC(=O)CCC(=O)O)CCN(C(=O)COCC(=O)NCCCOCCCCNC(=O)CCCC[C@@H]2SC[C@H]3[C@@H]2NC(=O)N3C(=O)c2ccc(C(C)(C)C)cc2)CC1. The van der Waals surface area contributed by atoms with E-state index in [-0.39, 0.29) is 90.5 Å². The lowest BCUT2D eigenvalue weighted by atomic mass is 9.81. The fraction of sp³-hybridized carbons (Fsp3) is 0.698. The van der Waals surface area contributed by atoms with Crippen LogP contribution in [0.5, 0.6) is 0 Å². The van der Waals surface area contributed by atoms with E-state index in [0.29, 0.717) is 76.4 Å². The van der Waals surface area contributed by atoms with E-state index in [2.05, 4.69) is 36.7 Å². The Morgan fingerprint density at radius 1 is 0.867 bits per heavy atom. The van der Waals surface area contributed by atoms with E-state index in [9.17, 15) is 33.6 Å². The van der Waals surface area contributed by atoms with E-state index in [4.69, 9.17) is 19.3 Å². The highest BCUT2D eigenvalue weighted by Gasteiger charge is 2.50. The number of likely N-dealkylation sites (tertiary alicyclic amines) is 1. The first-order valence-corrected chi connectivity index (χ1v) is 22.3. The van der Waals surface area contributed by atoms with E-state index in [1.807, 2.05) is 19.1 Å². The van der Waals surface area contributed by atoms with E-state index in [1.54, 1.807) is 28.8 Å². The molecule has 3 aliphatic heterocycles. The quantitative estimate of drug-likeness (QED) is 0.0660. The Balaban J connectivity index is 0.936. The second-order valence-electron chi connectivity index (χ2n) is 17.3. The molecule has 6 amide bonds. The number of carboxylic acid groups (broad SMARTS) is 1. The number of unbranched alkanes of at least 4 members (excludes halogenated alkanes) is 2. The Bertz CT molecular complexity index is 1630. The summed E-state index contributed by atoms with van der Waals surface area (Å²) in [5, 5.41) is 17.7. The minimum absolute atomic E-state index is 0.0179. The summed E-state index contributed by atoms with van der Waals surface area (Å²) >= 11 is 1.78. The smallest absolute Gasteiger partial charge is 0.325 e. The maximum absolute atomic E-state index is 13.3. The highest BCUT2D eigenvalue weighted by molar-refractivity contribution is 8.00. The molecule has 1 aromatic rings. The van der Waals surface area contributed by atoms with Gasteiger partial charge in [-0.3, -0.25) is 33.7 Å². The van der Waals surface area contributed by atoms with Gasteiger partial charge in [0.05, 0.1) is 31.5 Å². The third kappa shape index (κ3) is 15.7. The number of hydrogen-bond acceptors (Lipinski definition) is 11. The maximum Gasteiger partial charge on any atom is 0.325 e. The molecule has 334 valence electrons. The number of hydrogen-bond donors (Lipinski definition) is 4. The number of carbonyl (C=O) groups is 7. The number of piperidine rings is 1. The number of fused-ring (bicyclic) bond motifs is 1. The molecule has 17 heteroatoms. The summed E-state index contributed by atoms with van der Waals surface area (Å²) in [5.41, 5.74) is 1.33. The number of nitrogens with one attached hydrogen (secondary N) is 3. The molecule has 0 saturated carbocycles. The van der Waals surface area contributed by atoms with Crippen molar-refractivity contribution in [2.75, 3.05) is 65.0 Å². The summed E-state index contributed by atoms with van der Waals surface area (Å²) in [6, 6.07) is 6.94. The minimum atomic E-state index is -1.05. The van der Waals surface area contributed by atoms with Crippen LogP contribution in [0.2, 0.25) is 0 Å². The van der Waals surface area contributed by atoms with Gasteiger partial charge >= 0.3 is 18.0 Å². The highest BCUT2D eigenvalue weighted by atomic mass is 32.2. The van der Waals surface area contributed by atoms with Gasteiger partial charge in [-0.2, -0.15) is 11.8 Å². The lowest BCUT2D eigenvalue weighted by molar-refractivity contribution is -0.152. The fourth-order valence-corrected chi connectivity index (χ4v) is 8.94. The van der Waals surface area contributed by atoms with Crippen molar-refractivity contribution in [3.8, 4) is 0 Å². The van der Waals surface area contributed by atoms with E-state index < -0.39 is 11.9 Å². The summed E-state index contributed by atoms with van der Waals surface area (Å²) in [6.45, 7) is 11.0. The molecule has 3 fully saturated rings. The van der Waals surface area contributed by atoms with Crippen LogP contribution in [0, 0.1) is 5.41 Å². The van der Waals surface area contributed by atoms with Crippen LogP contribution in [-0.4, -0.2) is 139 Å². The number of imide groups is 1. The fourth-order valence-electron chi connectivity index (χ4n) is 7.35. The number of ether oxygens (including phenoxy) is 3. The van der Waals surface area contributed by atoms with Gasteiger partial charge in [-0.25, -0.2) is 4.79 Å². The second kappa shape index (κ2) is 23.7. The molecule has 3 atom stereocenters. The molecule has 0 bridgehead atoms. The number of rotatable bonds is 24. The molecule has 0 spiro atoms. The summed E-state index contributed by atoms with van der Waals surface area (Å²) < 4.78 is 16.2. The van der Waals surface area contributed by atoms with Crippen molar-refractivity contribution in [2.45, 2.75) is 121 Å². The van der Waals surface area contributed by atoms with Crippen molar-refractivity contribution < 1.29 is 52.9 Å². The van der Waals surface area contributed by atoms with Crippen LogP contribution >= 0.6 is 11.8 Å². The number of carboxylic acids is 1. The summed E-state index contributed by atoms with van der Waals surface area (Å²) in [5.74, 6) is -1.67. The standard InChI is InChI=1S/C43H65N5O11S/c1-42(2,3)31-14-12-30(13-15-31)40(55)48-32-28-60-33(39(32)46-41(48)56)10-5-6-11-34(49)44-20-7-8-24-57-25-9-21-45-35(50)26-58-27-36(51)47-22-18-43(4,19-23-47)29-59-38(54)17-16-37(52)53/h12-15,32-33,39H,5-11,16-29H2,1-4H3,(H,44,49)(H,45,50)(H,46,56)(H,52,53)/t32-,33-,39-/m0/s1. The molecule has 4 N–H and O–H groups in total. The van der Waals surface area contributed by atoms with Gasteiger partial charge in [0.15, 0.2) is 0 Å². The van der Waals surface area contributed by atoms with Crippen LogP contribution in [-0.2, 0) is 43.6 Å². The molecule has 4 rings (SSSR count). The van der Waals surface area contributed by atoms with E-state index >= 15 is 0 Å².